The Morgan fingerprint density at radius 1 is 1.16 bits per heavy atom. The van der Waals surface area contributed by atoms with Gasteiger partial charge in [-0.2, -0.15) is 8.42 Å². The Balaban J connectivity index is 0.00000380. The molecule has 2 aromatic rings. The summed E-state index contributed by atoms with van der Waals surface area (Å²) in [6.07, 6.45) is 3.12. The van der Waals surface area contributed by atoms with Gasteiger partial charge in [0, 0.05) is 23.5 Å². The summed E-state index contributed by atoms with van der Waals surface area (Å²) in [6, 6.07) is 9.12. The third-order valence-corrected chi connectivity index (χ3v) is 8.16. The third-order valence-electron chi connectivity index (χ3n) is 5.73. The maximum atomic E-state index is 12.9. The van der Waals surface area contributed by atoms with Gasteiger partial charge in [0.05, 0.1) is 5.56 Å². The van der Waals surface area contributed by atoms with Crippen molar-refractivity contribution in [1.29, 1.82) is 0 Å². The molecular formula is C22H21N4NaO8S2+2. The van der Waals surface area contributed by atoms with E-state index in [1.54, 1.807) is 23.0 Å². The second-order valence-corrected chi connectivity index (χ2v) is 10.7. The van der Waals surface area contributed by atoms with E-state index in [0.717, 1.165) is 4.90 Å². The fourth-order valence-corrected chi connectivity index (χ4v) is 6.24. The normalized spacial score (nSPS) is 19.7. The van der Waals surface area contributed by atoms with E-state index in [4.69, 9.17) is 5.73 Å². The molecule has 0 saturated carbocycles. The van der Waals surface area contributed by atoms with Crippen molar-refractivity contribution in [2.45, 2.75) is 23.2 Å². The summed E-state index contributed by atoms with van der Waals surface area (Å²) in [6.45, 7) is 0.125. The number of aromatic nitrogens is 1. The predicted octanol–water partition coefficient (Wildman–Crippen LogP) is -3.56. The second-order valence-electron chi connectivity index (χ2n) is 8.08. The van der Waals surface area contributed by atoms with Crippen molar-refractivity contribution in [3.05, 3.63) is 77.3 Å². The zero-order valence-electron chi connectivity index (χ0n) is 19.5. The van der Waals surface area contributed by atoms with Gasteiger partial charge in [-0.1, -0.05) is 30.3 Å². The molecule has 1 aromatic heterocycles. The molecule has 1 unspecified atom stereocenters. The van der Waals surface area contributed by atoms with Gasteiger partial charge in [-0.05, 0) is 5.56 Å². The van der Waals surface area contributed by atoms with Crippen LogP contribution in [0.15, 0.2) is 66.1 Å². The smallest absolute Gasteiger partial charge is 0.477 e. The Labute approximate surface area is 237 Å². The van der Waals surface area contributed by atoms with Gasteiger partial charge >= 0.3 is 35.5 Å². The van der Waals surface area contributed by atoms with Gasteiger partial charge in [0.25, 0.3) is 16.0 Å². The molecule has 2 aliphatic heterocycles. The molecule has 0 aliphatic carbocycles. The predicted molar refractivity (Wildman–Crippen MR) is 126 cm³/mol. The number of amides is 3. The number of carboxylic acids is 1. The van der Waals surface area contributed by atoms with Gasteiger partial charge in [0.15, 0.2) is 24.2 Å². The van der Waals surface area contributed by atoms with E-state index in [0.29, 0.717) is 5.57 Å². The molecule has 0 radical (unpaired) electrons. The molecule has 1 saturated heterocycles. The number of thioether (sulfide) groups is 1. The van der Waals surface area contributed by atoms with Gasteiger partial charge in [0.2, 0.25) is 11.8 Å². The molecule has 0 bridgehead atoms. The first-order valence-electron chi connectivity index (χ1n) is 10.5. The number of carbonyl (C=O) groups excluding carboxylic acids is 3. The molecule has 5 N–H and O–H groups in total. The summed E-state index contributed by atoms with van der Waals surface area (Å²) in [4.78, 5) is 50.1. The summed E-state index contributed by atoms with van der Waals surface area (Å²) in [5.74, 6) is -3.53. The number of nitrogens with zero attached hydrogens (tertiary/aromatic N) is 2. The van der Waals surface area contributed by atoms with Gasteiger partial charge < -0.3 is 16.2 Å². The van der Waals surface area contributed by atoms with Crippen molar-refractivity contribution < 1.29 is 71.4 Å². The van der Waals surface area contributed by atoms with Crippen LogP contribution in [0.4, 0.5) is 0 Å². The number of pyridine rings is 1. The number of fused-ring (bicyclic) bond motifs is 1. The van der Waals surface area contributed by atoms with Crippen molar-refractivity contribution >= 4 is 45.6 Å². The number of rotatable bonds is 8. The Morgan fingerprint density at radius 3 is 2.32 bits per heavy atom. The topological polar surface area (TPSA) is 188 Å². The number of β-lactam (4-membered cyclic amide) rings is 1. The Hall–Kier alpha value is -2.75. The zero-order valence-corrected chi connectivity index (χ0v) is 23.1. The van der Waals surface area contributed by atoms with Crippen molar-refractivity contribution in [3.8, 4) is 0 Å². The maximum absolute atomic E-state index is 12.9. The molecule has 4 rings (SSSR count). The number of aliphatic carboxylic acids is 1. The molecule has 3 amide bonds. The van der Waals surface area contributed by atoms with Crippen LogP contribution in [0, 0.1) is 0 Å². The quantitative estimate of drug-likeness (QED) is 0.110. The SMILES string of the molecule is NC(=O)c1cc[n+](CC2=C(C(=O)O)N3C(=O)[C@@H](NC(=O)C(c4ccccc4)S(=O)(=O)O)[C@H]3SC2)cc1.[Na+]. The number of nitrogens with two attached hydrogens (primary N) is 1. The number of carboxylic acid groups (broad SMARTS) is 1. The monoisotopic (exact) mass is 556 g/mol. The van der Waals surface area contributed by atoms with E-state index >= 15 is 0 Å². The standard InChI is InChI=1S/C22H20N4O8S2.Na/c23-18(27)13-6-8-25(9-7-13)10-14-11-35-21-15(20(29)26(21)16(14)22(30)31)24-19(28)17(36(32,33)34)12-4-2-1-3-5-12;/h1-9,15,17,21H,10-11H2,(H4-,23,24,27,28,30,31,32,33,34);/q;+1/p+1/t15-,17?,21-;/m1./s1. The second kappa shape index (κ2) is 11.3. The Morgan fingerprint density at radius 2 is 1.78 bits per heavy atom. The summed E-state index contributed by atoms with van der Waals surface area (Å²) in [5.41, 5.74) is 5.73. The van der Waals surface area contributed by atoms with E-state index in [9.17, 15) is 37.3 Å². The van der Waals surface area contributed by atoms with Crippen LogP contribution in [0.25, 0.3) is 0 Å². The number of carbonyl (C=O) groups is 4. The Kier molecular flexibility index (Phi) is 8.82. The van der Waals surface area contributed by atoms with Gasteiger partial charge in [-0.3, -0.25) is 23.8 Å². The van der Waals surface area contributed by atoms with E-state index in [2.05, 4.69) is 5.32 Å². The average Bonchev–Trinajstić information content (AvgIpc) is 2.82. The number of hydrogen-bond acceptors (Lipinski definition) is 7. The van der Waals surface area contributed by atoms with E-state index in [-0.39, 0.29) is 58.7 Å². The average molecular weight is 557 g/mol. The van der Waals surface area contributed by atoms with E-state index < -0.39 is 50.5 Å². The molecule has 2 aliphatic rings. The van der Waals surface area contributed by atoms with Gasteiger partial charge in [-0.25, -0.2) is 9.36 Å². The molecule has 12 nitrogen and oxygen atoms in total. The number of primary amides is 1. The molecule has 15 heteroatoms. The Bertz CT molecular complexity index is 1380. The molecule has 3 heterocycles. The van der Waals surface area contributed by atoms with E-state index in [1.807, 2.05) is 0 Å². The van der Waals surface area contributed by atoms with Crippen LogP contribution in [-0.2, 0) is 31.0 Å². The number of nitrogens with one attached hydrogen (secondary N) is 1. The molecule has 1 aromatic carbocycles. The summed E-state index contributed by atoms with van der Waals surface area (Å²) in [7, 11) is -4.85. The summed E-state index contributed by atoms with van der Waals surface area (Å²) >= 11 is 1.21. The third kappa shape index (κ3) is 5.89. The first-order chi connectivity index (χ1) is 17.0. The number of hydrogen-bond donors (Lipinski definition) is 4. The van der Waals surface area contributed by atoms with Crippen LogP contribution in [0.3, 0.4) is 0 Å². The maximum Gasteiger partial charge on any atom is 1.00 e. The largest absolute Gasteiger partial charge is 1.00 e. The zero-order chi connectivity index (χ0) is 26.2. The first kappa shape index (κ1) is 28.8. The molecular weight excluding hydrogens is 535 g/mol. The minimum absolute atomic E-state index is 0. The molecule has 0 spiro atoms. The van der Waals surface area contributed by atoms with Crippen molar-refractivity contribution in [3.63, 3.8) is 0 Å². The number of benzene rings is 1. The minimum atomic E-state index is -4.85. The van der Waals surface area contributed by atoms with Crippen LogP contribution in [0.5, 0.6) is 0 Å². The van der Waals surface area contributed by atoms with Crippen molar-refractivity contribution in [1.82, 2.24) is 10.2 Å². The van der Waals surface area contributed by atoms with Crippen LogP contribution in [-0.4, -0.2) is 63.8 Å². The van der Waals surface area contributed by atoms with Crippen molar-refractivity contribution in [2.24, 2.45) is 5.73 Å². The molecule has 188 valence electrons. The van der Waals surface area contributed by atoms with E-state index in [1.165, 1.54) is 48.2 Å². The summed E-state index contributed by atoms with van der Waals surface area (Å²) in [5, 5.41) is 9.47. The van der Waals surface area contributed by atoms with Crippen LogP contribution >= 0.6 is 11.8 Å². The van der Waals surface area contributed by atoms with Gasteiger partial charge in [0.1, 0.15) is 17.1 Å². The molecule has 3 atom stereocenters. The first-order valence-corrected chi connectivity index (χ1v) is 13.0. The van der Waals surface area contributed by atoms with Gasteiger partial charge in [-0.15, -0.1) is 11.8 Å². The fourth-order valence-electron chi connectivity index (χ4n) is 4.07. The van der Waals surface area contributed by atoms with Crippen LogP contribution in [0.1, 0.15) is 21.2 Å². The van der Waals surface area contributed by atoms with Crippen LogP contribution in [0.2, 0.25) is 0 Å². The minimum Gasteiger partial charge on any atom is -0.477 e. The molecule has 37 heavy (non-hydrogen) atoms. The fraction of sp³-hybridized carbons (Fsp3) is 0.227. The molecule has 1 fully saturated rings. The van der Waals surface area contributed by atoms with Crippen LogP contribution < -0.4 is 45.2 Å². The van der Waals surface area contributed by atoms with Crippen molar-refractivity contribution in [2.75, 3.05) is 5.75 Å². The summed E-state index contributed by atoms with van der Waals surface area (Å²) < 4.78 is 35.1.